The summed E-state index contributed by atoms with van der Waals surface area (Å²) in [6, 6.07) is 0. The van der Waals surface area contributed by atoms with Crippen molar-refractivity contribution >= 4 is 19.5 Å². The summed E-state index contributed by atoms with van der Waals surface area (Å²) < 4.78 is 33.8. The normalized spacial score (nSPS) is 11.0. The second kappa shape index (κ2) is 17.7. The molecular weight excluding hydrogens is 383 g/mol. The van der Waals surface area contributed by atoms with Gasteiger partial charge in [0.15, 0.2) is 0 Å². The monoisotopic (exact) mass is 418 g/mol. The van der Waals surface area contributed by atoms with Crippen LogP contribution in [0.1, 0.15) is 58.3 Å². The van der Waals surface area contributed by atoms with Crippen molar-refractivity contribution in [3.63, 3.8) is 0 Å². The summed E-state index contributed by atoms with van der Waals surface area (Å²) in [5, 5.41) is 0. The number of rotatable bonds is 19. The van der Waals surface area contributed by atoms with Crippen LogP contribution in [0.3, 0.4) is 0 Å². The van der Waals surface area contributed by atoms with E-state index < -0.39 is 19.5 Å². The Kier molecular flexibility index (Phi) is 16.8. The first-order valence-corrected chi connectivity index (χ1v) is 11.7. The summed E-state index contributed by atoms with van der Waals surface area (Å²) in [4.78, 5) is 21.8. The van der Waals surface area contributed by atoms with Gasteiger partial charge < -0.3 is 18.5 Å². The molecule has 0 N–H and O–H groups in total. The molecule has 0 heterocycles. The molecule has 0 fully saturated rings. The lowest BCUT2D eigenvalue weighted by Crippen LogP contribution is -2.05. The summed E-state index contributed by atoms with van der Waals surface area (Å²) in [6.45, 7) is 10.1. The molecule has 0 bridgehead atoms. The van der Waals surface area contributed by atoms with Crippen LogP contribution in [0.2, 0.25) is 0 Å². The van der Waals surface area contributed by atoms with Gasteiger partial charge in [-0.3, -0.25) is 4.57 Å². The van der Waals surface area contributed by atoms with Crippen LogP contribution in [0.4, 0.5) is 0 Å². The van der Waals surface area contributed by atoms with Crippen molar-refractivity contribution in [3.8, 4) is 0 Å². The van der Waals surface area contributed by atoms with Gasteiger partial charge >= 0.3 is 19.5 Å². The van der Waals surface area contributed by atoms with E-state index in [0.29, 0.717) is 32.6 Å². The molecule has 0 aliphatic heterocycles. The molecular formula is C20H35O7P. The molecule has 0 spiro atoms. The van der Waals surface area contributed by atoms with Crippen molar-refractivity contribution in [2.24, 2.45) is 0 Å². The standard InChI is InChI=1S/C20H35O7P/c1-4-7-18-28(23,26-16-12-8-10-14-24-19(21)5-2)27-17-13-9-11-15-25-20(22)6-3/h5-6H,2-4,7-18H2,1H3. The van der Waals surface area contributed by atoms with Gasteiger partial charge in [-0.15, -0.1) is 0 Å². The molecule has 0 rings (SSSR count). The molecule has 0 aromatic heterocycles. The molecule has 0 aromatic rings. The predicted molar refractivity (Wildman–Crippen MR) is 109 cm³/mol. The minimum absolute atomic E-state index is 0.344. The van der Waals surface area contributed by atoms with Gasteiger partial charge in [0.2, 0.25) is 0 Å². The SMILES string of the molecule is C=CC(=O)OCCCCCOP(=O)(CCCC)OCCCCCOC(=O)C=C. The molecule has 0 radical (unpaired) electrons. The van der Waals surface area contributed by atoms with Crippen LogP contribution in [0.25, 0.3) is 0 Å². The van der Waals surface area contributed by atoms with Crippen molar-refractivity contribution in [1.82, 2.24) is 0 Å². The Balaban J connectivity index is 3.93. The van der Waals surface area contributed by atoms with E-state index in [1.165, 1.54) is 0 Å². The molecule has 0 amide bonds. The summed E-state index contributed by atoms with van der Waals surface area (Å²) in [7, 11) is -3.09. The maximum Gasteiger partial charge on any atom is 0.330 e. The largest absolute Gasteiger partial charge is 0.463 e. The molecule has 0 atom stereocenters. The topological polar surface area (TPSA) is 88.1 Å². The number of esters is 2. The Morgan fingerprint density at radius 2 is 1.18 bits per heavy atom. The lowest BCUT2D eigenvalue weighted by molar-refractivity contribution is -0.138. The molecule has 0 saturated heterocycles. The zero-order valence-corrected chi connectivity index (χ0v) is 18.0. The Bertz CT molecular complexity index is 467. The third kappa shape index (κ3) is 15.6. The molecule has 8 heteroatoms. The fourth-order valence-corrected chi connectivity index (χ4v) is 4.00. The van der Waals surface area contributed by atoms with Gasteiger partial charge in [-0.2, -0.15) is 0 Å². The van der Waals surface area contributed by atoms with Gasteiger partial charge in [0, 0.05) is 12.2 Å². The third-order valence-electron chi connectivity index (χ3n) is 3.76. The zero-order valence-electron chi connectivity index (χ0n) is 17.1. The van der Waals surface area contributed by atoms with Crippen molar-refractivity contribution in [2.75, 3.05) is 32.6 Å². The fraction of sp³-hybridized carbons (Fsp3) is 0.700. The van der Waals surface area contributed by atoms with Crippen LogP contribution in [0.15, 0.2) is 25.3 Å². The second-order valence-corrected chi connectivity index (χ2v) is 8.40. The van der Waals surface area contributed by atoms with E-state index >= 15 is 0 Å². The second-order valence-electron chi connectivity index (χ2n) is 6.22. The average Bonchev–Trinajstić information content (AvgIpc) is 2.70. The highest BCUT2D eigenvalue weighted by Gasteiger charge is 2.23. The Morgan fingerprint density at radius 1 is 0.750 bits per heavy atom. The van der Waals surface area contributed by atoms with Crippen LogP contribution in [-0.4, -0.2) is 44.5 Å². The quantitative estimate of drug-likeness (QED) is 0.129. The maximum absolute atomic E-state index is 12.8. The molecule has 0 saturated carbocycles. The van der Waals surface area contributed by atoms with Gasteiger partial charge in [-0.05, 0) is 44.9 Å². The fourth-order valence-electron chi connectivity index (χ4n) is 2.15. The molecule has 28 heavy (non-hydrogen) atoms. The van der Waals surface area contributed by atoms with Crippen molar-refractivity contribution in [2.45, 2.75) is 58.3 Å². The number of carbonyl (C=O) groups excluding carboxylic acids is 2. The predicted octanol–water partition coefficient (Wildman–Crippen LogP) is 4.81. The van der Waals surface area contributed by atoms with Crippen LogP contribution in [0, 0.1) is 0 Å². The summed E-state index contributed by atoms with van der Waals surface area (Å²) in [6.07, 6.45) is 8.89. The van der Waals surface area contributed by atoms with Crippen LogP contribution >= 0.6 is 7.60 Å². The van der Waals surface area contributed by atoms with Crippen LogP contribution < -0.4 is 0 Å². The van der Waals surface area contributed by atoms with Crippen molar-refractivity contribution < 1.29 is 32.7 Å². The third-order valence-corrected chi connectivity index (χ3v) is 5.78. The number of hydrogen-bond donors (Lipinski definition) is 0. The smallest absolute Gasteiger partial charge is 0.330 e. The number of ether oxygens (including phenoxy) is 2. The minimum Gasteiger partial charge on any atom is -0.463 e. The van der Waals surface area contributed by atoms with E-state index in [4.69, 9.17) is 18.5 Å². The van der Waals surface area contributed by atoms with Gasteiger partial charge in [-0.25, -0.2) is 9.59 Å². The first-order valence-electron chi connectivity index (χ1n) is 9.94. The Labute approximate surface area is 169 Å². The summed E-state index contributed by atoms with van der Waals surface area (Å²) in [5.41, 5.74) is 0. The first kappa shape index (κ1) is 26.6. The van der Waals surface area contributed by atoms with Gasteiger partial charge in [0.1, 0.15) is 0 Å². The molecule has 0 aliphatic rings. The molecule has 0 aliphatic carbocycles. The van der Waals surface area contributed by atoms with E-state index in [9.17, 15) is 14.2 Å². The average molecular weight is 418 g/mol. The molecule has 162 valence electrons. The van der Waals surface area contributed by atoms with Crippen LogP contribution in [-0.2, 0) is 32.7 Å². The van der Waals surface area contributed by atoms with Gasteiger partial charge in [0.25, 0.3) is 0 Å². The van der Waals surface area contributed by atoms with E-state index in [2.05, 4.69) is 13.2 Å². The Morgan fingerprint density at radius 3 is 1.57 bits per heavy atom. The number of carbonyl (C=O) groups is 2. The van der Waals surface area contributed by atoms with Crippen LogP contribution in [0.5, 0.6) is 0 Å². The van der Waals surface area contributed by atoms with Crippen molar-refractivity contribution in [3.05, 3.63) is 25.3 Å². The number of unbranched alkanes of at least 4 members (excludes halogenated alkanes) is 5. The molecule has 7 nitrogen and oxygen atoms in total. The van der Waals surface area contributed by atoms with E-state index in [0.717, 1.165) is 63.5 Å². The lowest BCUT2D eigenvalue weighted by atomic mass is 10.2. The van der Waals surface area contributed by atoms with E-state index in [1.54, 1.807) is 0 Å². The highest BCUT2D eigenvalue weighted by Crippen LogP contribution is 2.49. The van der Waals surface area contributed by atoms with Gasteiger partial charge in [0.05, 0.1) is 32.6 Å². The van der Waals surface area contributed by atoms with Gasteiger partial charge in [-0.1, -0.05) is 26.5 Å². The lowest BCUT2D eigenvalue weighted by Gasteiger charge is -2.18. The molecule has 0 unspecified atom stereocenters. The molecule has 0 aromatic carbocycles. The van der Waals surface area contributed by atoms with E-state index in [1.807, 2.05) is 6.92 Å². The first-order chi connectivity index (χ1) is 13.5. The Hall–Kier alpha value is -1.43. The zero-order chi connectivity index (χ0) is 21.1. The van der Waals surface area contributed by atoms with Crippen molar-refractivity contribution in [1.29, 1.82) is 0 Å². The highest BCUT2D eigenvalue weighted by molar-refractivity contribution is 7.53. The maximum atomic E-state index is 12.8. The number of hydrogen-bond acceptors (Lipinski definition) is 7. The summed E-state index contributed by atoms with van der Waals surface area (Å²) in [5.74, 6) is -0.847. The summed E-state index contributed by atoms with van der Waals surface area (Å²) >= 11 is 0. The van der Waals surface area contributed by atoms with E-state index in [-0.39, 0.29) is 0 Å². The highest BCUT2D eigenvalue weighted by atomic mass is 31.2. The minimum atomic E-state index is -3.09.